The Balaban J connectivity index is 3.56. The molecule has 0 aliphatic heterocycles. The maximum absolute atomic E-state index is 10.7. The second kappa shape index (κ2) is 3.74. The highest BCUT2D eigenvalue weighted by Gasteiger charge is 2.26. The summed E-state index contributed by atoms with van der Waals surface area (Å²) < 4.78 is 0. The van der Waals surface area contributed by atoms with Crippen LogP contribution in [0.2, 0.25) is 0 Å². The fourth-order valence-corrected chi connectivity index (χ4v) is 1.10. The van der Waals surface area contributed by atoms with Gasteiger partial charge in [0.2, 0.25) is 0 Å². The van der Waals surface area contributed by atoms with Crippen molar-refractivity contribution in [3.05, 3.63) is 39.4 Å². The molecule has 0 fully saturated rings. The van der Waals surface area contributed by atoms with E-state index in [1.807, 2.05) is 0 Å². The molecule has 2 N–H and O–H groups in total. The molecule has 1 aromatic rings. The Morgan fingerprint density at radius 1 is 1.20 bits per heavy atom. The van der Waals surface area contributed by atoms with Gasteiger partial charge in [-0.05, 0) is 6.07 Å². The van der Waals surface area contributed by atoms with E-state index < -0.39 is 33.7 Å². The van der Waals surface area contributed by atoms with Crippen LogP contribution in [0.4, 0.5) is 5.69 Å². The molecule has 0 saturated heterocycles. The van der Waals surface area contributed by atoms with Gasteiger partial charge in [-0.1, -0.05) is 6.07 Å². The monoisotopic (exact) mass is 211 g/mol. The number of benzene rings is 1. The van der Waals surface area contributed by atoms with Crippen LogP contribution in [0.1, 0.15) is 20.7 Å². The van der Waals surface area contributed by atoms with E-state index >= 15 is 0 Å². The van der Waals surface area contributed by atoms with Crippen LogP contribution in [-0.2, 0) is 0 Å². The predicted molar refractivity (Wildman–Crippen MR) is 47.0 cm³/mol. The van der Waals surface area contributed by atoms with Gasteiger partial charge in [-0.2, -0.15) is 0 Å². The van der Waals surface area contributed by atoms with Crippen molar-refractivity contribution in [2.24, 2.45) is 0 Å². The number of nitro groups is 1. The zero-order valence-electron chi connectivity index (χ0n) is 7.21. The lowest BCUT2D eigenvalue weighted by molar-refractivity contribution is -0.385. The summed E-state index contributed by atoms with van der Waals surface area (Å²) >= 11 is 0. The molecule has 1 aromatic carbocycles. The minimum atomic E-state index is -1.64. The summed E-state index contributed by atoms with van der Waals surface area (Å²) in [6.07, 6.45) is 0. The predicted octanol–water partition coefficient (Wildman–Crippen LogP) is 0.991. The van der Waals surface area contributed by atoms with Crippen LogP contribution in [0.25, 0.3) is 0 Å². The van der Waals surface area contributed by atoms with Crippen LogP contribution in [0, 0.1) is 10.1 Å². The minimum Gasteiger partial charge on any atom is -0.478 e. The Morgan fingerprint density at radius 2 is 1.80 bits per heavy atom. The number of rotatable bonds is 3. The number of carboxylic acids is 2. The van der Waals surface area contributed by atoms with Crippen molar-refractivity contribution in [2.75, 3.05) is 0 Å². The van der Waals surface area contributed by atoms with Gasteiger partial charge in [0.1, 0.15) is 0 Å². The summed E-state index contributed by atoms with van der Waals surface area (Å²) in [5.74, 6) is -3.16. The molecule has 0 heterocycles. The van der Waals surface area contributed by atoms with Crippen molar-refractivity contribution in [2.45, 2.75) is 0 Å². The second-order valence-corrected chi connectivity index (χ2v) is 2.57. The molecule has 0 amide bonds. The second-order valence-electron chi connectivity index (χ2n) is 2.57. The van der Waals surface area contributed by atoms with Gasteiger partial charge in [0.15, 0.2) is 5.56 Å². The normalized spacial score (nSPS) is 9.60. The molecule has 7 nitrogen and oxygen atoms in total. The average Bonchev–Trinajstić information content (AvgIpc) is 2.16. The number of nitro benzene ring substituents is 1. The quantitative estimate of drug-likeness (QED) is 0.568. The number of nitrogens with zero attached hydrogens (tertiary/aromatic N) is 1. The van der Waals surface area contributed by atoms with E-state index in [9.17, 15) is 19.7 Å². The first-order valence-electron chi connectivity index (χ1n) is 3.69. The fraction of sp³-hybridized carbons (Fsp3) is 0. The van der Waals surface area contributed by atoms with Gasteiger partial charge in [0.05, 0.1) is 10.5 Å². The van der Waals surface area contributed by atoms with E-state index in [4.69, 9.17) is 10.2 Å². The third-order valence-electron chi connectivity index (χ3n) is 1.68. The Labute approximate surface area is 82.7 Å². The number of carboxylic acid groups (broad SMARTS) is 2. The molecule has 0 aliphatic rings. The highest BCUT2D eigenvalue weighted by atomic mass is 16.6. The van der Waals surface area contributed by atoms with Crippen LogP contribution in [0.5, 0.6) is 0 Å². The van der Waals surface area contributed by atoms with Gasteiger partial charge in [0, 0.05) is 6.07 Å². The van der Waals surface area contributed by atoms with Crippen LogP contribution >= 0.6 is 0 Å². The van der Waals surface area contributed by atoms with Crippen LogP contribution in [0.15, 0.2) is 18.2 Å². The van der Waals surface area contributed by atoms with Crippen molar-refractivity contribution in [3.63, 3.8) is 0 Å². The molecule has 0 bridgehead atoms. The third kappa shape index (κ3) is 1.90. The molecule has 0 aliphatic carbocycles. The SMILES string of the molecule is O=C(O)c1cccc([N+](=O)[O-])c1C(=O)O. The fourth-order valence-electron chi connectivity index (χ4n) is 1.10. The first-order valence-corrected chi connectivity index (χ1v) is 3.69. The molecular weight excluding hydrogens is 206 g/mol. The lowest BCUT2D eigenvalue weighted by Crippen LogP contribution is -2.10. The van der Waals surface area contributed by atoms with Gasteiger partial charge in [0.25, 0.3) is 5.69 Å². The lowest BCUT2D eigenvalue weighted by atomic mass is 10.1. The Morgan fingerprint density at radius 3 is 2.20 bits per heavy atom. The van der Waals surface area contributed by atoms with Crippen molar-refractivity contribution >= 4 is 17.6 Å². The summed E-state index contributed by atoms with van der Waals surface area (Å²) in [7, 11) is 0. The number of aromatic carboxylic acids is 2. The molecule has 0 atom stereocenters. The highest BCUT2D eigenvalue weighted by Crippen LogP contribution is 2.22. The molecule has 0 radical (unpaired) electrons. The molecule has 15 heavy (non-hydrogen) atoms. The number of hydrogen-bond donors (Lipinski definition) is 2. The zero-order valence-corrected chi connectivity index (χ0v) is 7.21. The first-order chi connectivity index (χ1) is 6.95. The molecule has 0 saturated carbocycles. The molecule has 0 aromatic heterocycles. The van der Waals surface area contributed by atoms with Gasteiger partial charge >= 0.3 is 11.9 Å². The van der Waals surface area contributed by atoms with E-state index in [0.717, 1.165) is 18.2 Å². The highest BCUT2D eigenvalue weighted by molar-refractivity contribution is 6.04. The number of carbonyl (C=O) groups is 2. The lowest BCUT2D eigenvalue weighted by Gasteiger charge is -2.01. The van der Waals surface area contributed by atoms with Gasteiger partial charge in [-0.15, -0.1) is 0 Å². The van der Waals surface area contributed by atoms with E-state index in [0.29, 0.717) is 0 Å². The maximum atomic E-state index is 10.7. The largest absolute Gasteiger partial charge is 0.478 e. The summed E-state index contributed by atoms with van der Waals surface area (Å²) in [6.45, 7) is 0. The van der Waals surface area contributed by atoms with Crippen LogP contribution < -0.4 is 0 Å². The number of hydrogen-bond acceptors (Lipinski definition) is 4. The standard InChI is InChI=1S/C8H5NO6/c10-7(11)4-2-1-3-5(9(14)15)6(4)8(12)13/h1-3H,(H,10,11)(H,12,13). The van der Waals surface area contributed by atoms with Gasteiger partial charge < -0.3 is 10.2 Å². The topological polar surface area (TPSA) is 118 Å². The molecular formula is C8H5NO6. The van der Waals surface area contributed by atoms with Crippen LogP contribution in [0.3, 0.4) is 0 Å². The molecule has 78 valence electrons. The van der Waals surface area contributed by atoms with E-state index in [2.05, 4.69) is 0 Å². The van der Waals surface area contributed by atoms with Crippen molar-refractivity contribution in [3.8, 4) is 0 Å². The first kappa shape index (κ1) is 10.6. The smallest absolute Gasteiger partial charge is 0.343 e. The summed E-state index contributed by atoms with van der Waals surface area (Å²) in [6, 6.07) is 3.06. The van der Waals surface area contributed by atoms with Crippen molar-refractivity contribution in [1.29, 1.82) is 0 Å². The third-order valence-corrected chi connectivity index (χ3v) is 1.68. The molecule has 0 spiro atoms. The minimum absolute atomic E-state index is 0.600. The Bertz CT molecular complexity index is 420. The molecule has 0 unspecified atom stereocenters. The van der Waals surface area contributed by atoms with E-state index in [-0.39, 0.29) is 0 Å². The van der Waals surface area contributed by atoms with E-state index in [1.165, 1.54) is 0 Å². The van der Waals surface area contributed by atoms with Crippen molar-refractivity contribution in [1.82, 2.24) is 0 Å². The van der Waals surface area contributed by atoms with E-state index in [1.54, 1.807) is 0 Å². The average molecular weight is 211 g/mol. The van der Waals surface area contributed by atoms with Gasteiger partial charge in [-0.25, -0.2) is 9.59 Å². The summed E-state index contributed by atoms with van der Waals surface area (Å²) in [5, 5.41) is 27.8. The molecule has 1 rings (SSSR count). The van der Waals surface area contributed by atoms with Crippen molar-refractivity contribution < 1.29 is 24.7 Å². The van der Waals surface area contributed by atoms with Gasteiger partial charge in [-0.3, -0.25) is 10.1 Å². The Hall–Kier alpha value is -2.44. The summed E-state index contributed by atoms with van der Waals surface area (Å²) in [5.41, 5.74) is -2.14. The maximum Gasteiger partial charge on any atom is 0.343 e. The zero-order chi connectivity index (χ0) is 11.6. The molecule has 7 heteroatoms. The van der Waals surface area contributed by atoms with Crippen LogP contribution in [-0.4, -0.2) is 27.1 Å². The summed E-state index contributed by atoms with van der Waals surface area (Å²) in [4.78, 5) is 30.8. The Kier molecular flexibility index (Phi) is 2.65.